The van der Waals surface area contributed by atoms with Crippen LogP contribution in [-0.4, -0.2) is 17.5 Å². The highest BCUT2D eigenvalue weighted by atomic mass is 127. The van der Waals surface area contributed by atoms with Gasteiger partial charge in [0, 0.05) is 16.1 Å². The molecular formula is C20H22BrIN2O2. The van der Waals surface area contributed by atoms with Gasteiger partial charge in [0.25, 0.3) is 0 Å². The molecule has 2 aromatic rings. The number of rotatable bonds is 6. The Kier molecular flexibility index (Phi) is 7.45. The van der Waals surface area contributed by atoms with Gasteiger partial charge in [0.05, 0.1) is 18.5 Å². The smallest absolute Gasteiger partial charge is 0.227 e. The van der Waals surface area contributed by atoms with Crippen LogP contribution < -0.4 is 5.32 Å². The monoisotopic (exact) mass is 528 g/mol. The molecule has 0 spiro atoms. The summed E-state index contributed by atoms with van der Waals surface area (Å²) in [5.41, 5.74) is 1.99. The second-order valence-corrected chi connectivity index (χ2v) is 8.67. The van der Waals surface area contributed by atoms with Gasteiger partial charge in [0.1, 0.15) is 4.60 Å². The standard InChI is InChI=1S/C20H22BrIN2O2/c21-19-10-17(22)18(11-23-19)24-20(25)16-8-6-15(7-9-16)13-26-12-14-4-2-1-3-5-14/h1-5,10-11,15-16H,6-9,12-13H2,(H,24,25). The van der Waals surface area contributed by atoms with Gasteiger partial charge in [-0.2, -0.15) is 0 Å². The van der Waals surface area contributed by atoms with Gasteiger partial charge in [-0.3, -0.25) is 4.79 Å². The van der Waals surface area contributed by atoms with Crippen LogP contribution in [0.3, 0.4) is 0 Å². The summed E-state index contributed by atoms with van der Waals surface area (Å²) in [6.07, 6.45) is 5.63. The number of benzene rings is 1. The topological polar surface area (TPSA) is 51.2 Å². The molecule has 1 aromatic heterocycles. The molecule has 4 nitrogen and oxygen atoms in total. The summed E-state index contributed by atoms with van der Waals surface area (Å²) in [6.45, 7) is 1.44. The zero-order valence-electron chi connectivity index (χ0n) is 14.5. The molecule has 0 saturated heterocycles. The summed E-state index contributed by atoms with van der Waals surface area (Å²) in [5, 5.41) is 3.03. The Morgan fingerprint density at radius 2 is 1.96 bits per heavy atom. The minimum absolute atomic E-state index is 0.0832. The summed E-state index contributed by atoms with van der Waals surface area (Å²) >= 11 is 5.55. The average Bonchev–Trinajstić information content (AvgIpc) is 2.65. The van der Waals surface area contributed by atoms with E-state index in [1.54, 1.807) is 6.20 Å². The number of hydrogen-bond acceptors (Lipinski definition) is 3. The van der Waals surface area contributed by atoms with E-state index in [2.05, 4.69) is 61.0 Å². The van der Waals surface area contributed by atoms with Gasteiger partial charge in [-0.25, -0.2) is 4.98 Å². The summed E-state index contributed by atoms with van der Waals surface area (Å²) < 4.78 is 7.62. The molecule has 1 aromatic carbocycles. The normalized spacial score (nSPS) is 19.9. The lowest BCUT2D eigenvalue weighted by molar-refractivity contribution is -0.121. The van der Waals surface area contributed by atoms with Crippen molar-refractivity contribution < 1.29 is 9.53 Å². The molecule has 1 aliphatic carbocycles. The maximum atomic E-state index is 12.5. The molecule has 0 aliphatic heterocycles. The van der Waals surface area contributed by atoms with Crippen molar-refractivity contribution in [1.29, 1.82) is 0 Å². The number of aromatic nitrogens is 1. The molecule has 0 radical (unpaired) electrons. The van der Waals surface area contributed by atoms with Gasteiger partial charge >= 0.3 is 0 Å². The molecule has 1 heterocycles. The second kappa shape index (κ2) is 9.80. The predicted octanol–water partition coefficient (Wildman–Crippen LogP) is 5.41. The molecule has 1 amide bonds. The number of pyridine rings is 1. The first-order valence-corrected chi connectivity index (χ1v) is 10.7. The molecule has 6 heteroatoms. The molecule has 138 valence electrons. The van der Waals surface area contributed by atoms with E-state index in [-0.39, 0.29) is 11.8 Å². The SMILES string of the molecule is O=C(Nc1cnc(Br)cc1I)C1CCC(COCc2ccccc2)CC1. The largest absolute Gasteiger partial charge is 0.376 e. The molecule has 0 unspecified atom stereocenters. The minimum Gasteiger partial charge on any atom is -0.376 e. The summed E-state index contributed by atoms with van der Waals surface area (Å²) in [7, 11) is 0. The lowest BCUT2D eigenvalue weighted by Gasteiger charge is -2.27. The van der Waals surface area contributed by atoms with E-state index in [4.69, 9.17) is 4.74 Å². The second-order valence-electron chi connectivity index (χ2n) is 6.69. The quantitative estimate of drug-likeness (QED) is 0.403. The first-order chi connectivity index (χ1) is 12.6. The van der Waals surface area contributed by atoms with Crippen LogP contribution in [0.25, 0.3) is 0 Å². The van der Waals surface area contributed by atoms with Gasteiger partial charge in [0.2, 0.25) is 5.91 Å². The van der Waals surface area contributed by atoms with Crippen LogP contribution in [0.4, 0.5) is 5.69 Å². The number of ether oxygens (including phenoxy) is 1. The van der Waals surface area contributed by atoms with Gasteiger partial charge in [-0.15, -0.1) is 0 Å². The highest BCUT2D eigenvalue weighted by Gasteiger charge is 2.26. The third-order valence-electron chi connectivity index (χ3n) is 4.76. The van der Waals surface area contributed by atoms with Crippen molar-refractivity contribution >= 4 is 50.1 Å². The van der Waals surface area contributed by atoms with Gasteiger partial charge in [-0.1, -0.05) is 30.3 Å². The van der Waals surface area contributed by atoms with Crippen molar-refractivity contribution in [1.82, 2.24) is 4.98 Å². The maximum absolute atomic E-state index is 12.5. The number of amides is 1. The van der Waals surface area contributed by atoms with Crippen LogP contribution >= 0.6 is 38.5 Å². The highest BCUT2D eigenvalue weighted by Crippen LogP contribution is 2.30. The molecule has 1 aliphatic rings. The van der Waals surface area contributed by atoms with Crippen LogP contribution in [0, 0.1) is 15.4 Å². The molecule has 0 bridgehead atoms. The van der Waals surface area contributed by atoms with Crippen LogP contribution in [0.5, 0.6) is 0 Å². The summed E-state index contributed by atoms with van der Waals surface area (Å²) in [6, 6.07) is 12.1. The lowest BCUT2D eigenvalue weighted by atomic mass is 9.82. The van der Waals surface area contributed by atoms with Crippen molar-refractivity contribution in [2.45, 2.75) is 32.3 Å². The number of halogens is 2. The van der Waals surface area contributed by atoms with E-state index >= 15 is 0 Å². The number of nitrogens with one attached hydrogen (secondary N) is 1. The molecule has 1 saturated carbocycles. The molecule has 3 rings (SSSR count). The third-order valence-corrected chi connectivity index (χ3v) is 6.09. The van der Waals surface area contributed by atoms with Gasteiger partial charge < -0.3 is 10.1 Å². The number of nitrogens with zero attached hydrogens (tertiary/aromatic N) is 1. The zero-order chi connectivity index (χ0) is 18.4. The van der Waals surface area contributed by atoms with E-state index in [1.807, 2.05) is 24.3 Å². The number of carbonyl (C=O) groups is 1. The Balaban J connectivity index is 1.41. The number of carbonyl (C=O) groups excluding carboxylic acids is 1. The Labute approximate surface area is 176 Å². The zero-order valence-corrected chi connectivity index (χ0v) is 18.2. The number of anilines is 1. The fourth-order valence-corrected chi connectivity index (χ4v) is 4.57. The molecule has 1 N–H and O–H groups in total. The Morgan fingerprint density at radius 3 is 2.65 bits per heavy atom. The third kappa shape index (κ3) is 5.76. The Hall–Kier alpha value is -0.990. The highest BCUT2D eigenvalue weighted by molar-refractivity contribution is 14.1. The average molecular weight is 529 g/mol. The van der Waals surface area contributed by atoms with Crippen molar-refractivity contribution in [3.63, 3.8) is 0 Å². The van der Waals surface area contributed by atoms with E-state index in [0.29, 0.717) is 12.5 Å². The fraction of sp³-hybridized carbons (Fsp3) is 0.400. The van der Waals surface area contributed by atoms with E-state index in [0.717, 1.165) is 46.2 Å². The van der Waals surface area contributed by atoms with Crippen LogP contribution in [0.2, 0.25) is 0 Å². The van der Waals surface area contributed by atoms with Gasteiger partial charge in [-0.05, 0) is 81.8 Å². The fourth-order valence-electron chi connectivity index (χ4n) is 3.24. The summed E-state index contributed by atoms with van der Waals surface area (Å²) in [4.78, 5) is 16.7. The maximum Gasteiger partial charge on any atom is 0.227 e. The minimum atomic E-state index is 0.0832. The van der Waals surface area contributed by atoms with Crippen molar-refractivity contribution in [2.75, 3.05) is 11.9 Å². The van der Waals surface area contributed by atoms with Crippen LogP contribution in [0.1, 0.15) is 31.2 Å². The number of hydrogen-bond donors (Lipinski definition) is 1. The predicted molar refractivity (Wildman–Crippen MR) is 115 cm³/mol. The first-order valence-electron chi connectivity index (χ1n) is 8.85. The Bertz CT molecular complexity index is 734. The lowest BCUT2D eigenvalue weighted by Crippen LogP contribution is -2.28. The van der Waals surface area contributed by atoms with E-state index in [1.165, 1.54) is 5.56 Å². The molecule has 0 atom stereocenters. The van der Waals surface area contributed by atoms with Gasteiger partial charge in [0.15, 0.2) is 0 Å². The molecule has 1 fully saturated rings. The molecule has 26 heavy (non-hydrogen) atoms. The Morgan fingerprint density at radius 1 is 1.23 bits per heavy atom. The van der Waals surface area contributed by atoms with E-state index < -0.39 is 0 Å². The van der Waals surface area contributed by atoms with Crippen LogP contribution in [0.15, 0.2) is 47.2 Å². The summed E-state index contributed by atoms with van der Waals surface area (Å²) in [5.74, 6) is 0.743. The van der Waals surface area contributed by atoms with Crippen molar-refractivity contribution in [2.24, 2.45) is 11.8 Å². The van der Waals surface area contributed by atoms with E-state index in [9.17, 15) is 4.79 Å². The van der Waals surface area contributed by atoms with Crippen molar-refractivity contribution in [3.8, 4) is 0 Å². The van der Waals surface area contributed by atoms with Crippen molar-refractivity contribution in [3.05, 3.63) is 56.3 Å². The first kappa shape index (κ1) is 19.8. The van der Waals surface area contributed by atoms with Crippen LogP contribution in [-0.2, 0) is 16.1 Å². The molecular weight excluding hydrogens is 507 g/mol.